The van der Waals surface area contributed by atoms with Gasteiger partial charge in [-0.2, -0.15) is 0 Å². The van der Waals surface area contributed by atoms with Crippen LogP contribution in [0.15, 0.2) is 0 Å². The molecule has 0 aromatic carbocycles. The third-order valence-electron chi connectivity index (χ3n) is 1.73. The maximum absolute atomic E-state index is 9.12. The van der Waals surface area contributed by atoms with E-state index in [1.807, 2.05) is 0 Å². The minimum Gasteiger partial charge on any atom is -0.379 e. The smallest absolute Gasteiger partial charge is 0.105 e. The summed E-state index contributed by atoms with van der Waals surface area (Å²) in [5.41, 5.74) is 5.30. The van der Waals surface area contributed by atoms with Crippen LogP contribution in [-0.2, 0) is 0 Å². The van der Waals surface area contributed by atoms with Gasteiger partial charge >= 0.3 is 0 Å². The highest BCUT2D eigenvalue weighted by Gasteiger charge is 1.97. The highest BCUT2D eigenvalue weighted by Crippen LogP contribution is 1.81. The first-order valence-electron chi connectivity index (χ1n) is 4.78. The van der Waals surface area contributed by atoms with Gasteiger partial charge in [-0.1, -0.05) is 0 Å². The normalized spacial score (nSPS) is 13.2. The third kappa shape index (κ3) is 9.72. The lowest BCUT2D eigenvalue weighted by atomic mass is 10.4. The van der Waals surface area contributed by atoms with Gasteiger partial charge in [0.1, 0.15) is 6.23 Å². The van der Waals surface area contributed by atoms with Crippen molar-refractivity contribution in [2.75, 3.05) is 39.8 Å². The number of aliphatic hydroxyl groups is 1. The van der Waals surface area contributed by atoms with Gasteiger partial charge in [-0.05, 0) is 20.0 Å². The van der Waals surface area contributed by atoms with Crippen LogP contribution in [0.2, 0.25) is 0 Å². The topological polar surface area (TPSA) is 82.3 Å². The van der Waals surface area contributed by atoms with Gasteiger partial charge in [0, 0.05) is 26.2 Å². The first-order chi connectivity index (χ1) is 6.31. The van der Waals surface area contributed by atoms with Crippen LogP contribution >= 0.6 is 0 Å². The fourth-order valence-corrected chi connectivity index (χ4v) is 0.912. The fourth-order valence-electron chi connectivity index (χ4n) is 0.912. The summed E-state index contributed by atoms with van der Waals surface area (Å²) in [6.45, 7) is 4.20. The molecular weight excluding hydrogens is 168 g/mol. The molecule has 0 aliphatic rings. The summed E-state index contributed by atoms with van der Waals surface area (Å²) in [5.74, 6) is 0. The molecule has 0 aromatic rings. The molecule has 13 heavy (non-hydrogen) atoms. The van der Waals surface area contributed by atoms with Crippen LogP contribution in [0.4, 0.5) is 0 Å². The molecule has 0 aromatic heterocycles. The third-order valence-corrected chi connectivity index (χ3v) is 1.73. The van der Waals surface area contributed by atoms with Gasteiger partial charge in [-0.3, -0.25) is 5.32 Å². The van der Waals surface area contributed by atoms with Gasteiger partial charge < -0.3 is 21.5 Å². The average Bonchev–Trinajstić information content (AvgIpc) is 2.16. The zero-order chi connectivity index (χ0) is 9.94. The average molecular weight is 190 g/mol. The van der Waals surface area contributed by atoms with Crippen LogP contribution in [0.1, 0.15) is 6.42 Å². The summed E-state index contributed by atoms with van der Waals surface area (Å²) < 4.78 is 0. The molecule has 5 heteroatoms. The number of aliphatic hydroxyl groups excluding tert-OH is 1. The molecule has 0 aliphatic heterocycles. The summed E-state index contributed by atoms with van der Waals surface area (Å²) in [5, 5.41) is 18.3. The lowest BCUT2D eigenvalue weighted by Gasteiger charge is -2.09. The second-order valence-corrected chi connectivity index (χ2v) is 2.88. The Hall–Kier alpha value is -0.200. The van der Waals surface area contributed by atoms with Gasteiger partial charge in [0.05, 0.1) is 0 Å². The van der Waals surface area contributed by atoms with E-state index >= 15 is 0 Å². The first-order valence-corrected chi connectivity index (χ1v) is 4.78. The second kappa shape index (κ2) is 9.88. The maximum Gasteiger partial charge on any atom is 0.105 e. The lowest BCUT2D eigenvalue weighted by Crippen LogP contribution is -2.34. The van der Waals surface area contributed by atoms with Crippen molar-refractivity contribution in [2.45, 2.75) is 12.6 Å². The zero-order valence-corrected chi connectivity index (χ0v) is 8.34. The molecule has 0 heterocycles. The molecule has 5 nitrogen and oxygen atoms in total. The van der Waals surface area contributed by atoms with E-state index in [0.717, 1.165) is 32.6 Å². The van der Waals surface area contributed by atoms with Crippen molar-refractivity contribution < 1.29 is 5.11 Å². The van der Waals surface area contributed by atoms with Gasteiger partial charge in [0.25, 0.3) is 0 Å². The predicted octanol–water partition coefficient (Wildman–Crippen LogP) is -1.95. The number of rotatable bonds is 9. The molecule has 0 fully saturated rings. The van der Waals surface area contributed by atoms with Crippen LogP contribution in [0.3, 0.4) is 0 Å². The van der Waals surface area contributed by atoms with Gasteiger partial charge in [0.15, 0.2) is 0 Å². The molecule has 1 atom stereocenters. The van der Waals surface area contributed by atoms with Crippen LogP contribution in [0.25, 0.3) is 0 Å². The highest BCUT2D eigenvalue weighted by atomic mass is 16.3. The molecule has 80 valence electrons. The Kier molecular flexibility index (Phi) is 9.73. The van der Waals surface area contributed by atoms with E-state index < -0.39 is 6.23 Å². The van der Waals surface area contributed by atoms with Crippen LogP contribution in [0.5, 0.6) is 0 Å². The van der Waals surface area contributed by atoms with Crippen LogP contribution in [-0.4, -0.2) is 51.1 Å². The van der Waals surface area contributed by atoms with E-state index in [-0.39, 0.29) is 0 Å². The second-order valence-electron chi connectivity index (χ2n) is 2.88. The van der Waals surface area contributed by atoms with Crippen molar-refractivity contribution in [3.05, 3.63) is 0 Å². The van der Waals surface area contributed by atoms with E-state index in [1.165, 1.54) is 0 Å². The monoisotopic (exact) mass is 190 g/mol. The van der Waals surface area contributed by atoms with E-state index in [2.05, 4.69) is 16.0 Å². The standard InChI is InChI=1S/C8H22N4O/c1-10-8(13)2-4-11-6-7-12-5-3-9/h8,10-13H,2-7,9H2,1H3. The van der Waals surface area contributed by atoms with Gasteiger partial charge in [-0.15, -0.1) is 0 Å². The number of nitrogens with one attached hydrogen (secondary N) is 3. The number of nitrogens with two attached hydrogens (primary N) is 1. The van der Waals surface area contributed by atoms with Gasteiger partial charge in [0.2, 0.25) is 0 Å². The minimum atomic E-state index is -0.399. The molecule has 0 saturated heterocycles. The van der Waals surface area contributed by atoms with E-state index in [0.29, 0.717) is 6.54 Å². The molecule has 0 saturated carbocycles. The van der Waals surface area contributed by atoms with Crippen molar-refractivity contribution in [3.8, 4) is 0 Å². The molecule has 0 aliphatic carbocycles. The first kappa shape index (κ1) is 12.8. The molecule has 0 rings (SSSR count). The van der Waals surface area contributed by atoms with E-state index in [1.54, 1.807) is 7.05 Å². The lowest BCUT2D eigenvalue weighted by molar-refractivity contribution is 0.137. The minimum absolute atomic E-state index is 0.399. The predicted molar refractivity (Wildman–Crippen MR) is 54.5 cm³/mol. The molecular formula is C8H22N4O. The summed E-state index contributed by atoms with van der Waals surface area (Å²) in [6.07, 6.45) is 0.331. The van der Waals surface area contributed by atoms with Gasteiger partial charge in [-0.25, -0.2) is 0 Å². The molecule has 0 bridgehead atoms. The fraction of sp³-hybridized carbons (Fsp3) is 1.00. The van der Waals surface area contributed by atoms with Crippen molar-refractivity contribution in [3.63, 3.8) is 0 Å². The highest BCUT2D eigenvalue weighted by molar-refractivity contribution is 4.55. The van der Waals surface area contributed by atoms with Crippen molar-refractivity contribution in [1.29, 1.82) is 0 Å². The largest absolute Gasteiger partial charge is 0.379 e. The number of hydrogen-bond acceptors (Lipinski definition) is 5. The molecule has 0 amide bonds. The van der Waals surface area contributed by atoms with Crippen molar-refractivity contribution in [2.24, 2.45) is 5.73 Å². The zero-order valence-electron chi connectivity index (χ0n) is 8.34. The molecule has 0 spiro atoms. The van der Waals surface area contributed by atoms with E-state index in [9.17, 15) is 0 Å². The summed E-state index contributed by atoms with van der Waals surface area (Å²) >= 11 is 0. The Labute approximate surface area is 80.1 Å². The Morgan fingerprint density at radius 3 is 2.31 bits per heavy atom. The molecule has 1 unspecified atom stereocenters. The SMILES string of the molecule is CNC(O)CCNCCNCCN. The van der Waals surface area contributed by atoms with Crippen LogP contribution < -0.4 is 21.7 Å². The molecule has 0 radical (unpaired) electrons. The summed E-state index contributed by atoms with van der Waals surface area (Å²) in [4.78, 5) is 0. The molecule has 6 N–H and O–H groups in total. The van der Waals surface area contributed by atoms with E-state index in [4.69, 9.17) is 10.8 Å². The Morgan fingerprint density at radius 2 is 1.77 bits per heavy atom. The van der Waals surface area contributed by atoms with Crippen molar-refractivity contribution >= 4 is 0 Å². The Bertz CT molecular complexity index is 102. The Morgan fingerprint density at radius 1 is 1.15 bits per heavy atom. The maximum atomic E-state index is 9.12. The van der Waals surface area contributed by atoms with Crippen molar-refractivity contribution in [1.82, 2.24) is 16.0 Å². The Balaban J connectivity index is 2.91. The van der Waals surface area contributed by atoms with Crippen LogP contribution in [0, 0.1) is 0 Å². The summed E-state index contributed by atoms with van der Waals surface area (Å²) in [6, 6.07) is 0. The number of hydrogen-bond donors (Lipinski definition) is 5. The summed E-state index contributed by atoms with van der Waals surface area (Å²) in [7, 11) is 1.74. The quantitative estimate of drug-likeness (QED) is 0.216.